The predicted molar refractivity (Wildman–Crippen MR) is 77.1 cm³/mol. The van der Waals surface area contributed by atoms with E-state index in [9.17, 15) is 0 Å². The summed E-state index contributed by atoms with van der Waals surface area (Å²) in [4.78, 5) is 0. The molecule has 0 fully saturated rings. The van der Waals surface area contributed by atoms with Crippen molar-refractivity contribution in [2.45, 2.75) is 59.8 Å². The molecule has 0 aliphatic heterocycles. The summed E-state index contributed by atoms with van der Waals surface area (Å²) in [5, 5.41) is 6.11. The van der Waals surface area contributed by atoms with E-state index in [1.807, 2.05) is 0 Å². The van der Waals surface area contributed by atoms with Crippen LogP contribution >= 0.6 is 0 Å². The molecule has 0 aromatic carbocycles. The van der Waals surface area contributed by atoms with E-state index < -0.39 is 8.97 Å². The van der Waals surface area contributed by atoms with E-state index in [0.29, 0.717) is 25.7 Å². The smallest absolute Gasteiger partial charge is 0.361 e. The van der Waals surface area contributed by atoms with Crippen LogP contribution < -0.4 is 5.40 Å². The van der Waals surface area contributed by atoms with Crippen molar-refractivity contribution in [1.29, 1.82) is 0 Å². The standard InChI is InChI=1S/C13H31NO3Si/c1-5-10-15-18(14,16-11-6-2)17-12-9-13(7-3)8-4/h13H,5-12,14H2,1-4H3. The van der Waals surface area contributed by atoms with E-state index in [4.69, 9.17) is 18.7 Å². The van der Waals surface area contributed by atoms with Gasteiger partial charge in [-0.05, 0) is 25.2 Å². The second-order valence-corrected chi connectivity index (χ2v) is 6.69. The van der Waals surface area contributed by atoms with E-state index in [2.05, 4.69) is 27.7 Å². The van der Waals surface area contributed by atoms with Gasteiger partial charge in [-0.1, -0.05) is 40.5 Å². The lowest BCUT2D eigenvalue weighted by Crippen LogP contribution is -2.56. The van der Waals surface area contributed by atoms with Crippen LogP contribution in [0.1, 0.15) is 59.8 Å². The van der Waals surface area contributed by atoms with Gasteiger partial charge in [-0.2, -0.15) is 0 Å². The molecule has 0 saturated heterocycles. The van der Waals surface area contributed by atoms with Crippen LogP contribution in [-0.2, 0) is 13.3 Å². The van der Waals surface area contributed by atoms with Gasteiger partial charge in [0.15, 0.2) is 0 Å². The van der Waals surface area contributed by atoms with Crippen molar-refractivity contribution in [3.63, 3.8) is 0 Å². The van der Waals surface area contributed by atoms with E-state index >= 15 is 0 Å². The van der Waals surface area contributed by atoms with Crippen molar-refractivity contribution in [2.24, 2.45) is 11.3 Å². The molecule has 0 bridgehead atoms. The summed E-state index contributed by atoms with van der Waals surface area (Å²) in [7, 11) is -2.88. The van der Waals surface area contributed by atoms with Crippen LogP contribution in [0.4, 0.5) is 0 Å². The fourth-order valence-electron chi connectivity index (χ4n) is 1.68. The Labute approximate surface area is 114 Å². The zero-order valence-electron chi connectivity index (χ0n) is 12.5. The van der Waals surface area contributed by atoms with E-state index in [0.717, 1.165) is 19.3 Å². The highest BCUT2D eigenvalue weighted by atomic mass is 28.4. The molecule has 18 heavy (non-hydrogen) atoms. The highest BCUT2D eigenvalue weighted by Gasteiger charge is 2.37. The second-order valence-electron chi connectivity index (χ2n) is 4.62. The van der Waals surface area contributed by atoms with Gasteiger partial charge < -0.3 is 13.3 Å². The maximum Gasteiger partial charge on any atom is 0.594 e. The quantitative estimate of drug-likeness (QED) is 0.557. The van der Waals surface area contributed by atoms with Crippen LogP contribution in [0, 0.1) is 5.92 Å². The predicted octanol–water partition coefficient (Wildman–Crippen LogP) is 3.08. The number of hydrogen-bond donors (Lipinski definition) is 1. The average molecular weight is 277 g/mol. The van der Waals surface area contributed by atoms with E-state index in [1.54, 1.807) is 0 Å². The highest BCUT2D eigenvalue weighted by Crippen LogP contribution is 2.14. The molecule has 0 heterocycles. The summed E-state index contributed by atoms with van der Waals surface area (Å²) in [6.45, 7) is 10.4. The van der Waals surface area contributed by atoms with Gasteiger partial charge in [-0.25, -0.2) is 0 Å². The number of hydrogen-bond acceptors (Lipinski definition) is 4. The normalized spacial score (nSPS) is 12.3. The van der Waals surface area contributed by atoms with Crippen LogP contribution in [0.5, 0.6) is 0 Å². The molecule has 0 aromatic rings. The third-order valence-corrected chi connectivity index (χ3v) is 4.82. The first-order chi connectivity index (χ1) is 8.61. The van der Waals surface area contributed by atoms with Crippen LogP contribution in [0.2, 0.25) is 0 Å². The summed E-state index contributed by atoms with van der Waals surface area (Å²) in [5.41, 5.74) is 0. The first-order valence-corrected chi connectivity index (χ1v) is 9.12. The third kappa shape index (κ3) is 8.21. The third-order valence-electron chi connectivity index (χ3n) is 3.00. The van der Waals surface area contributed by atoms with Crippen molar-refractivity contribution >= 4 is 8.97 Å². The number of rotatable bonds is 12. The average Bonchev–Trinajstić information content (AvgIpc) is 2.39. The van der Waals surface area contributed by atoms with Crippen molar-refractivity contribution in [1.82, 2.24) is 0 Å². The molecule has 0 unspecified atom stereocenters. The Morgan fingerprint density at radius 2 is 1.28 bits per heavy atom. The molecule has 110 valence electrons. The van der Waals surface area contributed by atoms with Crippen molar-refractivity contribution in [3.8, 4) is 0 Å². The van der Waals surface area contributed by atoms with Gasteiger partial charge in [0.25, 0.3) is 0 Å². The summed E-state index contributed by atoms with van der Waals surface area (Å²) < 4.78 is 16.9. The summed E-state index contributed by atoms with van der Waals surface area (Å²) in [5.74, 6) is 0.709. The van der Waals surface area contributed by atoms with Gasteiger partial charge in [0.2, 0.25) is 0 Å². The topological polar surface area (TPSA) is 53.7 Å². The summed E-state index contributed by atoms with van der Waals surface area (Å²) in [6.07, 6.45) is 5.26. The Bertz CT molecular complexity index is 181. The minimum Gasteiger partial charge on any atom is -0.361 e. The molecular formula is C13H31NO3Si. The van der Waals surface area contributed by atoms with Gasteiger partial charge in [0.1, 0.15) is 0 Å². The molecule has 0 saturated carbocycles. The summed E-state index contributed by atoms with van der Waals surface area (Å²) >= 11 is 0. The van der Waals surface area contributed by atoms with E-state index in [-0.39, 0.29) is 0 Å². The lowest BCUT2D eigenvalue weighted by atomic mass is 10.0. The fourth-order valence-corrected chi connectivity index (χ4v) is 3.31. The minimum atomic E-state index is -2.88. The van der Waals surface area contributed by atoms with Crippen molar-refractivity contribution < 1.29 is 13.3 Å². The van der Waals surface area contributed by atoms with E-state index in [1.165, 1.54) is 12.8 Å². The Balaban J connectivity index is 4.05. The molecule has 0 spiro atoms. The molecule has 0 atom stereocenters. The molecule has 5 heteroatoms. The zero-order valence-corrected chi connectivity index (χ0v) is 13.5. The van der Waals surface area contributed by atoms with Crippen LogP contribution in [0.3, 0.4) is 0 Å². The summed E-state index contributed by atoms with van der Waals surface area (Å²) in [6, 6.07) is 0. The minimum absolute atomic E-state index is 0.609. The van der Waals surface area contributed by atoms with Crippen molar-refractivity contribution in [3.05, 3.63) is 0 Å². The SMILES string of the molecule is CCCO[Si](N)(OCCC)OCCC(CC)CC. The van der Waals surface area contributed by atoms with Gasteiger partial charge in [-0.3, -0.25) is 5.40 Å². The maximum atomic E-state index is 6.11. The van der Waals surface area contributed by atoms with Crippen molar-refractivity contribution in [2.75, 3.05) is 19.8 Å². The maximum absolute atomic E-state index is 6.11. The van der Waals surface area contributed by atoms with Crippen LogP contribution in [0.15, 0.2) is 0 Å². The Kier molecular flexibility index (Phi) is 11.0. The second kappa shape index (κ2) is 10.9. The first-order valence-electron chi connectivity index (χ1n) is 7.32. The molecular weight excluding hydrogens is 246 g/mol. The Morgan fingerprint density at radius 3 is 1.67 bits per heavy atom. The molecule has 0 aromatic heterocycles. The molecule has 0 aliphatic rings. The fraction of sp³-hybridized carbons (Fsp3) is 1.00. The van der Waals surface area contributed by atoms with Gasteiger partial charge in [-0.15, -0.1) is 0 Å². The Hall–Kier alpha value is 0.0569. The molecule has 0 aliphatic carbocycles. The molecule has 0 radical (unpaired) electrons. The number of nitrogens with two attached hydrogens (primary N) is 1. The molecule has 4 nitrogen and oxygen atoms in total. The largest absolute Gasteiger partial charge is 0.594 e. The zero-order chi connectivity index (χ0) is 13.9. The van der Waals surface area contributed by atoms with Gasteiger partial charge in [0, 0.05) is 19.8 Å². The monoisotopic (exact) mass is 277 g/mol. The molecule has 0 amide bonds. The van der Waals surface area contributed by atoms with Crippen LogP contribution in [-0.4, -0.2) is 28.8 Å². The first kappa shape index (κ1) is 18.1. The molecule has 0 rings (SSSR count). The Morgan fingerprint density at radius 1 is 0.833 bits per heavy atom. The lowest BCUT2D eigenvalue weighted by molar-refractivity contribution is 0.0556. The highest BCUT2D eigenvalue weighted by molar-refractivity contribution is 6.56. The van der Waals surface area contributed by atoms with Gasteiger partial charge >= 0.3 is 8.97 Å². The molecule has 2 N–H and O–H groups in total. The van der Waals surface area contributed by atoms with Gasteiger partial charge in [0.05, 0.1) is 0 Å². The van der Waals surface area contributed by atoms with Crippen LogP contribution in [0.25, 0.3) is 0 Å². The lowest BCUT2D eigenvalue weighted by Gasteiger charge is -2.25.